The van der Waals surface area contributed by atoms with Gasteiger partial charge in [-0.3, -0.25) is 4.90 Å². The second-order valence-corrected chi connectivity index (χ2v) is 6.97. The van der Waals surface area contributed by atoms with Crippen LogP contribution in [0.5, 0.6) is 0 Å². The van der Waals surface area contributed by atoms with Gasteiger partial charge in [-0.2, -0.15) is 5.10 Å². The molecule has 1 N–H and O–H groups in total. The minimum atomic E-state index is -0.312. The molecule has 2 aromatic carbocycles. The topological polar surface area (TPSA) is 55.2 Å². The Kier molecular flexibility index (Phi) is 6.06. The molecule has 1 fully saturated rings. The van der Waals surface area contributed by atoms with Crippen LogP contribution in [-0.4, -0.2) is 52.0 Å². The molecule has 0 unspecified atom stereocenters. The fourth-order valence-electron chi connectivity index (χ4n) is 3.45. The molecule has 6 nitrogen and oxygen atoms in total. The summed E-state index contributed by atoms with van der Waals surface area (Å²) in [7, 11) is 0. The lowest BCUT2D eigenvalue weighted by Crippen LogP contribution is -2.46. The van der Waals surface area contributed by atoms with Crippen molar-refractivity contribution in [1.29, 1.82) is 0 Å². The third-order valence-corrected chi connectivity index (χ3v) is 4.85. The van der Waals surface area contributed by atoms with Gasteiger partial charge in [0.15, 0.2) is 0 Å². The molecular weight excluding hydrogens is 357 g/mol. The number of benzene rings is 2. The highest BCUT2D eigenvalue weighted by atomic mass is 19.1. The van der Waals surface area contributed by atoms with Gasteiger partial charge < -0.3 is 10.1 Å². The highest BCUT2D eigenvalue weighted by Gasteiger charge is 2.20. The molecule has 1 saturated heterocycles. The van der Waals surface area contributed by atoms with Crippen molar-refractivity contribution in [3.63, 3.8) is 0 Å². The monoisotopic (exact) mass is 381 g/mol. The smallest absolute Gasteiger partial charge is 0.149 e. The first-order valence-corrected chi connectivity index (χ1v) is 9.50. The summed E-state index contributed by atoms with van der Waals surface area (Å²) in [6, 6.07) is 15.6. The van der Waals surface area contributed by atoms with Gasteiger partial charge in [-0.1, -0.05) is 36.4 Å². The summed E-state index contributed by atoms with van der Waals surface area (Å²) in [5.41, 5.74) is 2.60. The standard InChI is InChI=1S/C21H24FN5O/c22-20-10-18(6-7-21(20)27-16-24-15-25-27)11-23-12-19-14-26(8-9-28-19)13-17-4-2-1-3-5-17/h1-7,10,15-16,19,23H,8-9,11-14H2/t19-/m1/s1. The first-order valence-electron chi connectivity index (χ1n) is 9.50. The summed E-state index contributed by atoms with van der Waals surface area (Å²) >= 11 is 0. The molecule has 4 rings (SSSR count). The van der Waals surface area contributed by atoms with E-state index in [9.17, 15) is 4.39 Å². The van der Waals surface area contributed by atoms with Crippen LogP contribution in [0.25, 0.3) is 5.69 Å². The van der Waals surface area contributed by atoms with Gasteiger partial charge in [0, 0.05) is 32.7 Å². The molecule has 0 amide bonds. The van der Waals surface area contributed by atoms with Crippen molar-refractivity contribution in [3.8, 4) is 5.69 Å². The van der Waals surface area contributed by atoms with Gasteiger partial charge in [0.25, 0.3) is 0 Å². The maximum atomic E-state index is 14.3. The second kappa shape index (κ2) is 9.05. The lowest BCUT2D eigenvalue weighted by molar-refractivity contribution is -0.0300. The van der Waals surface area contributed by atoms with Gasteiger partial charge in [-0.15, -0.1) is 0 Å². The number of nitrogens with zero attached hydrogens (tertiary/aromatic N) is 4. The van der Waals surface area contributed by atoms with Crippen LogP contribution in [0.2, 0.25) is 0 Å². The minimum Gasteiger partial charge on any atom is -0.374 e. The maximum Gasteiger partial charge on any atom is 0.149 e. The molecule has 3 aromatic rings. The third kappa shape index (κ3) is 4.81. The number of ether oxygens (including phenoxy) is 1. The predicted octanol–water partition coefficient (Wildman–Crippen LogP) is 2.40. The fraction of sp³-hybridized carbons (Fsp3) is 0.333. The zero-order chi connectivity index (χ0) is 19.2. The van der Waals surface area contributed by atoms with Crippen molar-refractivity contribution in [3.05, 3.63) is 78.1 Å². The summed E-state index contributed by atoms with van der Waals surface area (Å²) in [5.74, 6) is -0.312. The Morgan fingerprint density at radius 3 is 2.82 bits per heavy atom. The van der Waals surface area contributed by atoms with Crippen LogP contribution < -0.4 is 5.32 Å². The Morgan fingerprint density at radius 2 is 2.04 bits per heavy atom. The maximum absolute atomic E-state index is 14.3. The third-order valence-electron chi connectivity index (χ3n) is 4.85. The number of aromatic nitrogens is 3. The summed E-state index contributed by atoms with van der Waals surface area (Å²) in [5, 5.41) is 7.35. The van der Waals surface area contributed by atoms with Crippen LogP contribution in [0.15, 0.2) is 61.2 Å². The van der Waals surface area contributed by atoms with E-state index >= 15 is 0 Å². The molecule has 1 aromatic heterocycles. The van der Waals surface area contributed by atoms with E-state index in [0.29, 0.717) is 12.2 Å². The van der Waals surface area contributed by atoms with Gasteiger partial charge in [0.2, 0.25) is 0 Å². The zero-order valence-electron chi connectivity index (χ0n) is 15.7. The number of rotatable bonds is 7. The van der Waals surface area contributed by atoms with Gasteiger partial charge >= 0.3 is 0 Å². The lowest BCUT2D eigenvalue weighted by atomic mass is 10.1. The van der Waals surface area contributed by atoms with Crippen LogP contribution in [0.1, 0.15) is 11.1 Å². The SMILES string of the molecule is Fc1cc(CNC[C@@H]2CN(Cc3ccccc3)CCO2)ccc1-n1cncn1. The molecule has 0 spiro atoms. The van der Waals surface area contributed by atoms with E-state index in [-0.39, 0.29) is 11.9 Å². The average molecular weight is 381 g/mol. The summed E-state index contributed by atoms with van der Waals surface area (Å²) in [6.45, 7) is 4.84. The van der Waals surface area contributed by atoms with Crippen LogP contribution in [0, 0.1) is 5.82 Å². The summed E-state index contributed by atoms with van der Waals surface area (Å²) in [6.07, 6.45) is 3.01. The van der Waals surface area contributed by atoms with E-state index in [1.807, 2.05) is 12.1 Å². The highest BCUT2D eigenvalue weighted by Crippen LogP contribution is 2.14. The minimum absolute atomic E-state index is 0.136. The fourth-order valence-corrected chi connectivity index (χ4v) is 3.45. The molecule has 1 atom stereocenters. The van der Waals surface area contributed by atoms with E-state index in [1.54, 1.807) is 6.07 Å². The molecule has 2 heterocycles. The molecule has 0 saturated carbocycles. The highest BCUT2D eigenvalue weighted by molar-refractivity contribution is 5.35. The van der Waals surface area contributed by atoms with Crippen LogP contribution >= 0.6 is 0 Å². The van der Waals surface area contributed by atoms with E-state index in [0.717, 1.165) is 38.3 Å². The van der Waals surface area contributed by atoms with Crippen molar-refractivity contribution in [1.82, 2.24) is 25.0 Å². The quantitative estimate of drug-likeness (QED) is 0.681. The predicted molar refractivity (Wildman–Crippen MR) is 104 cm³/mol. The molecule has 146 valence electrons. The first kappa shape index (κ1) is 18.7. The Morgan fingerprint density at radius 1 is 1.14 bits per heavy atom. The van der Waals surface area contributed by atoms with E-state index in [4.69, 9.17) is 4.74 Å². The Labute approximate surface area is 164 Å². The average Bonchev–Trinajstić information content (AvgIpc) is 3.24. The van der Waals surface area contributed by atoms with Crippen molar-refractivity contribution >= 4 is 0 Å². The van der Waals surface area contributed by atoms with Crippen molar-refractivity contribution in [2.24, 2.45) is 0 Å². The Balaban J connectivity index is 1.26. The molecule has 0 radical (unpaired) electrons. The van der Waals surface area contributed by atoms with Gasteiger partial charge in [-0.05, 0) is 23.3 Å². The van der Waals surface area contributed by atoms with E-state index < -0.39 is 0 Å². The number of halogens is 1. The molecule has 1 aliphatic heterocycles. The van der Waals surface area contributed by atoms with Crippen molar-refractivity contribution < 1.29 is 9.13 Å². The number of nitrogens with one attached hydrogen (secondary N) is 1. The molecule has 7 heteroatoms. The van der Waals surface area contributed by atoms with Gasteiger partial charge in [-0.25, -0.2) is 14.1 Å². The second-order valence-electron chi connectivity index (χ2n) is 6.97. The Bertz CT molecular complexity index is 872. The van der Waals surface area contributed by atoms with Crippen molar-refractivity contribution in [2.45, 2.75) is 19.2 Å². The van der Waals surface area contributed by atoms with Gasteiger partial charge in [0.05, 0.1) is 12.7 Å². The van der Waals surface area contributed by atoms with E-state index in [2.05, 4.69) is 44.6 Å². The molecule has 0 aliphatic carbocycles. The van der Waals surface area contributed by atoms with Crippen LogP contribution in [0.4, 0.5) is 4.39 Å². The largest absolute Gasteiger partial charge is 0.374 e. The summed E-state index contributed by atoms with van der Waals surface area (Å²) in [4.78, 5) is 6.27. The lowest BCUT2D eigenvalue weighted by Gasteiger charge is -2.33. The molecular formula is C21H24FN5O. The normalized spacial score (nSPS) is 17.7. The molecule has 28 heavy (non-hydrogen) atoms. The van der Waals surface area contributed by atoms with Crippen LogP contribution in [0.3, 0.4) is 0 Å². The number of hydrogen-bond acceptors (Lipinski definition) is 5. The van der Waals surface area contributed by atoms with Crippen molar-refractivity contribution in [2.75, 3.05) is 26.2 Å². The Hall–Kier alpha value is -2.61. The molecule has 0 bridgehead atoms. The molecule has 1 aliphatic rings. The van der Waals surface area contributed by atoms with Crippen LogP contribution in [-0.2, 0) is 17.8 Å². The number of hydrogen-bond donors (Lipinski definition) is 1. The first-order chi connectivity index (χ1) is 13.8. The van der Waals surface area contributed by atoms with E-state index in [1.165, 1.54) is 29.0 Å². The zero-order valence-corrected chi connectivity index (χ0v) is 15.7. The number of morpholine rings is 1. The summed E-state index contributed by atoms with van der Waals surface area (Å²) < 4.78 is 21.6. The van der Waals surface area contributed by atoms with Gasteiger partial charge in [0.1, 0.15) is 24.2 Å².